The summed E-state index contributed by atoms with van der Waals surface area (Å²) in [4.78, 5) is 23.3. The molecule has 7 nitrogen and oxygen atoms in total. The summed E-state index contributed by atoms with van der Waals surface area (Å²) in [5, 5.41) is 3.25. The first-order valence-electron chi connectivity index (χ1n) is 7.75. The average molecular weight is 341 g/mol. The second-order valence-corrected chi connectivity index (χ2v) is 6.19. The summed E-state index contributed by atoms with van der Waals surface area (Å²) in [5.41, 5.74) is 0.937. The highest BCUT2D eigenvalue weighted by molar-refractivity contribution is 6.28. The minimum absolute atomic E-state index is 0.0256. The number of hydrogen-bond donors (Lipinski definition) is 1. The lowest BCUT2D eigenvalue weighted by atomic mass is 9.93. The normalized spacial score (nSPS) is 24.2. The van der Waals surface area contributed by atoms with E-state index < -0.39 is 5.60 Å². The molecule has 0 aromatic carbocycles. The zero-order chi connectivity index (χ0) is 16.4. The molecule has 8 heteroatoms. The molecule has 3 heterocycles. The summed E-state index contributed by atoms with van der Waals surface area (Å²) in [6.07, 6.45) is 2.16. The average Bonchev–Trinajstić information content (AvgIpc) is 2.60. The molecule has 1 aromatic heterocycles. The molecule has 1 unspecified atom stereocenters. The van der Waals surface area contributed by atoms with Gasteiger partial charge in [-0.25, -0.2) is 9.97 Å². The fraction of sp³-hybridized carbons (Fsp3) is 0.667. The van der Waals surface area contributed by atoms with Gasteiger partial charge in [-0.2, -0.15) is 0 Å². The van der Waals surface area contributed by atoms with E-state index in [0.717, 1.165) is 17.7 Å². The van der Waals surface area contributed by atoms with Gasteiger partial charge in [-0.1, -0.05) is 0 Å². The van der Waals surface area contributed by atoms with E-state index in [0.29, 0.717) is 45.0 Å². The Morgan fingerprint density at radius 2 is 2.30 bits per heavy atom. The van der Waals surface area contributed by atoms with Crippen LogP contribution in [0.3, 0.4) is 0 Å². The Kier molecular flexibility index (Phi) is 4.70. The lowest BCUT2D eigenvalue weighted by molar-refractivity contribution is -0.172. The van der Waals surface area contributed by atoms with Gasteiger partial charge in [-0.05, 0) is 24.4 Å². The van der Waals surface area contributed by atoms with Gasteiger partial charge in [0.05, 0.1) is 18.8 Å². The van der Waals surface area contributed by atoms with E-state index in [9.17, 15) is 4.79 Å². The highest BCUT2D eigenvalue weighted by Crippen LogP contribution is 2.30. The number of anilines is 1. The summed E-state index contributed by atoms with van der Waals surface area (Å²) >= 11 is 5.95. The molecule has 1 aromatic rings. The number of hydrogen-bond acceptors (Lipinski definition) is 6. The number of carbonyl (C=O) groups excluding carboxylic acids is 1. The predicted octanol–water partition coefficient (Wildman–Crippen LogP) is 1.25. The molecule has 1 amide bonds. The van der Waals surface area contributed by atoms with Crippen molar-refractivity contribution in [2.45, 2.75) is 31.4 Å². The van der Waals surface area contributed by atoms with E-state index in [1.807, 2.05) is 0 Å². The molecule has 1 N–H and O–H groups in total. The Labute approximate surface area is 140 Å². The van der Waals surface area contributed by atoms with Crippen molar-refractivity contribution >= 4 is 23.3 Å². The van der Waals surface area contributed by atoms with Crippen LogP contribution < -0.4 is 5.32 Å². The molecule has 3 rings (SSSR count). The minimum Gasteiger partial charge on any atom is -0.378 e. The standard InChI is InChI=1S/C15H21ClN4O3/c1-17-12-10-8-20(6-4-11(10)18-14(16)19-12)13(21)15(22-2)5-3-7-23-9-15/h3-9H2,1-2H3,(H,17,18,19). The SMILES string of the molecule is CNc1nc(Cl)nc2c1CN(C(=O)C1(OC)CCCOC1)CC2. The van der Waals surface area contributed by atoms with Crippen LogP contribution in [0.15, 0.2) is 0 Å². The molecule has 1 fully saturated rings. The number of nitrogens with one attached hydrogen (secondary N) is 1. The van der Waals surface area contributed by atoms with Crippen molar-refractivity contribution in [2.75, 3.05) is 39.2 Å². The first-order valence-corrected chi connectivity index (χ1v) is 8.13. The van der Waals surface area contributed by atoms with Crippen LogP contribution in [0.4, 0.5) is 5.82 Å². The number of halogens is 1. The van der Waals surface area contributed by atoms with Crippen LogP contribution in [0.2, 0.25) is 5.28 Å². The van der Waals surface area contributed by atoms with Gasteiger partial charge in [-0.3, -0.25) is 4.79 Å². The molecule has 0 radical (unpaired) electrons. The first-order chi connectivity index (χ1) is 11.1. The van der Waals surface area contributed by atoms with Crippen molar-refractivity contribution < 1.29 is 14.3 Å². The number of amides is 1. The zero-order valence-electron chi connectivity index (χ0n) is 13.4. The number of aromatic nitrogens is 2. The van der Waals surface area contributed by atoms with E-state index in [-0.39, 0.29) is 11.2 Å². The topological polar surface area (TPSA) is 76.6 Å². The maximum Gasteiger partial charge on any atom is 0.257 e. The molecule has 2 aliphatic rings. The van der Waals surface area contributed by atoms with E-state index in [1.165, 1.54) is 0 Å². The van der Waals surface area contributed by atoms with Crippen LogP contribution in [0.25, 0.3) is 0 Å². The van der Waals surface area contributed by atoms with Crippen LogP contribution in [-0.4, -0.2) is 60.3 Å². The second kappa shape index (κ2) is 6.59. The molecule has 0 saturated carbocycles. The fourth-order valence-corrected chi connectivity index (χ4v) is 3.42. The predicted molar refractivity (Wildman–Crippen MR) is 85.5 cm³/mol. The first kappa shape index (κ1) is 16.4. The minimum atomic E-state index is -0.872. The number of rotatable bonds is 3. The van der Waals surface area contributed by atoms with Crippen LogP contribution in [0.1, 0.15) is 24.1 Å². The van der Waals surface area contributed by atoms with Crippen molar-refractivity contribution in [3.8, 4) is 0 Å². The fourth-order valence-electron chi connectivity index (χ4n) is 3.24. The third-order valence-electron chi connectivity index (χ3n) is 4.54. The molecule has 0 spiro atoms. The molecular formula is C15H21ClN4O3. The third kappa shape index (κ3) is 3.00. The van der Waals surface area contributed by atoms with Gasteiger partial charge < -0.3 is 19.7 Å². The van der Waals surface area contributed by atoms with Crippen molar-refractivity contribution in [3.63, 3.8) is 0 Å². The summed E-state index contributed by atoms with van der Waals surface area (Å²) < 4.78 is 11.1. The van der Waals surface area contributed by atoms with Gasteiger partial charge in [0.15, 0.2) is 5.60 Å². The number of methoxy groups -OCH3 is 1. The molecule has 126 valence electrons. The molecule has 1 saturated heterocycles. The van der Waals surface area contributed by atoms with Crippen LogP contribution in [0.5, 0.6) is 0 Å². The lowest BCUT2D eigenvalue weighted by Gasteiger charge is -2.40. The van der Waals surface area contributed by atoms with Crippen molar-refractivity contribution in [1.82, 2.24) is 14.9 Å². The Morgan fingerprint density at radius 1 is 1.48 bits per heavy atom. The maximum absolute atomic E-state index is 13.0. The van der Waals surface area contributed by atoms with Gasteiger partial charge in [0.1, 0.15) is 5.82 Å². The van der Waals surface area contributed by atoms with Gasteiger partial charge in [0.2, 0.25) is 5.28 Å². The summed E-state index contributed by atoms with van der Waals surface area (Å²) in [6.45, 7) is 2.03. The van der Waals surface area contributed by atoms with Gasteiger partial charge in [0.25, 0.3) is 5.91 Å². The second-order valence-electron chi connectivity index (χ2n) is 5.85. The Morgan fingerprint density at radius 3 is 2.96 bits per heavy atom. The Hall–Kier alpha value is -1.44. The molecule has 1 atom stereocenters. The van der Waals surface area contributed by atoms with Crippen molar-refractivity contribution in [1.29, 1.82) is 0 Å². The largest absolute Gasteiger partial charge is 0.378 e. The molecule has 0 bridgehead atoms. The van der Waals surface area contributed by atoms with E-state index in [2.05, 4.69) is 15.3 Å². The summed E-state index contributed by atoms with van der Waals surface area (Å²) in [7, 11) is 3.36. The van der Waals surface area contributed by atoms with Gasteiger partial charge >= 0.3 is 0 Å². The maximum atomic E-state index is 13.0. The monoisotopic (exact) mass is 340 g/mol. The molecule has 2 aliphatic heterocycles. The Bertz CT molecular complexity index is 587. The Balaban J connectivity index is 1.85. The van der Waals surface area contributed by atoms with Crippen LogP contribution >= 0.6 is 11.6 Å². The van der Waals surface area contributed by atoms with Crippen LogP contribution in [0, 0.1) is 0 Å². The van der Waals surface area contributed by atoms with E-state index >= 15 is 0 Å². The smallest absolute Gasteiger partial charge is 0.257 e. The summed E-state index contributed by atoms with van der Waals surface area (Å²) in [5.74, 6) is 0.645. The number of ether oxygens (including phenoxy) is 2. The van der Waals surface area contributed by atoms with E-state index in [1.54, 1.807) is 19.1 Å². The molecule has 0 aliphatic carbocycles. The lowest BCUT2D eigenvalue weighted by Crippen LogP contribution is -2.55. The highest BCUT2D eigenvalue weighted by Gasteiger charge is 2.44. The third-order valence-corrected chi connectivity index (χ3v) is 4.71. The van der Waals surface area contributed by atoms with E-state index in [4.69, 9.17) is 21.1 Å². The number of nitrogens with zero attached hydrogens (tertiary/aromatic N) is 3. The summed E-state index contributed by atoms with van der Waals surface area (Å²) in [6, 6.07) is 0. The number of carbonyl (C=O) groups is 1. The van der Waals surface area contributed by atoms with Crippen molar-refractivity contribution in [3.05, 3.63) is 16.5 Å². The van der Waals surface area contributed by atoms with Gasteiger partial charge in [0, 0.05) is 39.3 Å². The molecular weight excluding hydrogens is 320 g/mol. The molecule has 23 heavy (non-hydrogen) atoms. The van der Waals surface area contributed by atoms with Gasteiger partial charge in [-0.15, -0.1) is 0 Å². The van der Waals surface area contributed by atoms with Crippen molar-refractivity contribution in [2.24, 2.45) is 0 Å². The highest BCUT2D eigenvalue weighted by atomic mass is 35.5. The quantitative estimate of drug-likeness (QED) is 0.835. The zero-order valence-corrected chi connectivity index (χ0v) is 14.2. The van der Waals surface area contributed by atoms with Crippen LogP contribution in [-0.2, 0) is 27.2 Å². The number of fused-ring (bicyclic) bond motifs is 1.